The van der Waals surface area contributed by atoms with Crippen LogP contribution < -0.4 is 5.32 Å². The molecule has 17 heavy (non-hydrogen) atoms. The highest BCUT2D eigenvalue weighted by Gasteiger charge is 2.17. The predicted molar refractivity (Wildman–Crippen MR) is 65.7 cm³/mol. The van der Waals surface area contributed by atoms with Gasteiger partial charge in [0, 0.05) is 32.3 Å². The van der Waals surface area contributed by atoms with Crippen molar-refractivity contribution in [1.82, 2.24) is 10.2 Å². The van der Waals surface area contributed by atoms with Crippen LogP contribution in [0.3, 0.4) is 0 Å². The molecule has 0 saturated carbocycles. The molecule has 0 atom stereocenters. The molecule has 0 spiro atoms. The summed E-state index contributed by atoms with van der Waals surface area (Å²) >= 11 is 0. The van der Waals surface area contributed by atoms with E-state index in [4.69, 9.17) is 9.84 Å². The Morgan fingerprint density at radius 3 is 2.82 bits per heavy atom. The van der Waals surface area contributed by atoms with Crippen LogP contribution in [-0.2, 0) is 9.53 Å². The molecule has 1 aliphatic rings. The van der Waals surface area contributed by atoms with Crippen LogP contribution in [0.2, 0.25) is 0 Å². The number of aliphatic hydroxyl groups excluding tert-OH is 1. The molecule has 0 aromatic rings. The number of amides is 1. The molecule has 1 fully saturated rings. The standard InChI is InChI=1S/C12H22N2O3/c1-2-5-14(6-7-15)10-12(16)13-11-3-8-17-9-4-11/h2,11,15H,1,3-10H2,(H,13,16). The minimum absolute atomic E-state index is 0.00667. The van der Waals surface area contributed by atoms with Crippen molar-refractivity contribution in [3.8, 4) is 0 Å². The van der Waals surface area contributed by atoms with Crippen LogP contribution in [0.15, 0.2) is 12.7 Å². The normalized spacial score (nSPS) is 17.1. The third-order valence-corrected chi connectivity index (χ3v) is 2.76. The highest BCUT2D eigenvalue weighted by molar-refractivity contribution is 5.78. The average Bonchev–Trinajstić information content (AvgIpc) is 2.30. The predicted octanol–water partition coefficient (Wildman–Crippen LogP) is -0.238. The highest BCUT2D eigenvalue weighted by Crippen LogP contribution is 2.05. The van der Waals surface area contributed by atoms with E-state index in [1.165, 1.54) is 0 Å². The van der Waals surface area contributed by atoms with Gasteiger partial charge in [-0.2, -0.15) is 0 Å². The molecule has 0 aromatic carbocycles. The molecular weight excluding hydrogens is 220 g/mol. The Balaban J connectivity index is 2.27. The largest absolute Gasteiger partial charge is 0.395 e. The number of hydrogen-bond donors (Lipinski definition) is 2. The van der Waals surface area contributed by atoms with Crippen molar-refractivity contribution in [3.05, 3.63) is 12.7 Å². The molecule has 1 saturated heterocycles. The average molecular weight is 242 g/mol. The first-order chi connectivity index (χ1) is 8.26. The fraction of sp³-hybridized carbons (Fsp3) is 0.750. The third kappa shape index (κ3) is 5.81. The van der Waals surface area contributed by atoms with E-state index >= 15 is 0 Å². The van der Waals surface area contributed by atoms with Crippen molar-refractivity contribution in [2.45, 2.75) is 18.9 Å². The van der Waals surface area contributed by atoms with Gasteiger partial charge in [-0.15, -0.1) is 6.58 Å². The van der Waals surface area contributed by atoms with Gasteiger partial charge in [0.2, 0.25) is 5.91 Å². The fourth-order valence-corrected chi connectivity index (χ4v) is 1.88. The number of aliphatic hydroxyl groups is 1. The Labute approximate surface area is 102 Å². The van der Waals surface area contributed by atoms with Crippen LogP contribution in [-0.4, -0.2) is 61.4 Å². The molecule has 0 bridgehead atoms. The van der Waals surface area contributed by atoms with E-state index in [1.54, 1.807) is 6.08 Å². The summed E-state index contributed by atoms with van der Waals surface area (Å²) in [6, 6.07) is 0.232. The summed E-state index contributed by atoms with van der Waals surface area (Å²) in [4.78, 5) is 13.6. The second-order valence-electron chi connectivity index (χ2n) is 4.20. The zero-order valence-electron chi connectivity index (χ0n) is 10.2. The van der Waals surface area contributed by atoms with Crippen LogP contribution >= 0.6 is 0 Å². The number of rotatable bonds is 7. The summed E-state index contributed by atoms with van der Waals surface area (Å²) in [5.74, 6) is 0.00667. The van der Waals surface area contributed by atoms with Crippen LogP contribution in [0.4, 0.5) is 0 Å². The van der Waals surface area contributed by atoms with E-state index in [2.05, 4.69) is 11.9 Å². The van der Waals surface area contributed by atoms with Gasteiger partial charge in [0.25, 0.3) is 0 Å². The molecule has 5 nitrogen and oxygen atoms in total. The van der Waals surface area contributed by atoms with E-state index < -0.39 is 0 Å². The Morgan fingerprint density at radius 2 is 2.24 bits per heavy atom. The lowest BCUT2D eigenvalue weighted by Gasteiger charge is -2.25. The zero-order chi connectivity index (χ0) is 12.5. The monoisotopic (exact) mass is 242 g/mol. The zero-order valence-corrected chi connectivity index (χ0v) is 10.2. The second kappa shape index (κ2) is 8.22. The van der Waals surface area contributed by atoms with E-state index in [-0.39, 0.29) is 18.6 Å². The van der Waals surface area contributed by atoms with Crippen molar-refractivity contribution >= 4 is 5.91 Å². The number of hydrogen-bond acceptors (Lipinski definition) is 4. The SMILES string of the molecule is C=CCN(CCO)CC(=O)NC1CCOCC1. The number of nitrogens with one attached hydrogen (secondary N) is 1. The molecule has 0 unspecified atom stereocenters. The maximum absolute atomic E-state index is 11.8. The molecule has 1 heterocycles. The minimum Gasteiger partial charge on any atom is -0.395 e. The smallest absolute Gasteiger partial charge is 0.234 e. The Morgan fingerprint density at radius 1 is 1.53 bits per heavy atom. The number of carbonyl (C=O) groups is 1. The van der Waals surface area contributed by atoms with E-state index in [0.29, 0.717) is 19.6 Å². The third-order valence-electron chi connectivity index (χ3n) is 2.76. The molecule has 5 heteroatoms. The quantitative estimate of drug-likeness (QED) is 0.605. The molecule has 0 radical (unpaired) electrons. The molecule has 98 valence electrons. The lowest BCUT2D eigenvalue weighted by Crippen LogP contribution is -2.44. The second-order valence-corrected chi connectivity index (χ2v) is 4.20. The van der Waals surface area contributed by atoms with Gasteiger partial charge >= 0.3 is 0 Å². The van der Waals surface area contributed by atoms with Gasteiger partial charge in [-0.3, -0.25) is 9.69 Å². The van der Waals surface area contributed by atoms with E-state index in [9.17, 15) is 4.79 Å². The summed E-state index contributed by atoms with van der Waals surface area (Å²) in [6.45, 7) is 6.54. The minimum atomic E-state index is 0.00667. The van der Waals surface area contributed by atoms with Gasteiger partial charge in [0.1, 0.15) is 0 Å². The van der Waals surface area contributed by atoms with Gasteiger partial charge in [-0.1, -0.05) is 6.08 Å². The Kier molecular flexibility index (Phi) is 6.84. The molecule has 1 amide bonds. The summed E-state index contributed by atoms with van der Waals surface area (Å²) in [6.07, 6.45) is 3.50. The van der Waals surface area contributed by atoms with Crippen molar-refractivity contribution in [2.75, 3.05) is 39.5 Å². The van der Waals surface area contributed by atoms with Gasteiger partial charge in [0.15, 0.2) is 0 Å². The first kappa shape index (κ1) is 14.2. The van der Waals surface area contributed by atoms with Crippen molar-refractivity contribution in [2.24, 2.45) is 0 Å². The molecule has 0 aromatic heterocycles. The summed E-state index contributed by atoms with van der Waals surface area (Å²) in [5, 5.41) is 11.9. The van der Waals surface area contributed by atoms with E-state index in [1.807, 2.05) is 4.90 Å². The number of nitrogens with zero attached hydrogens (tertiary/aromatic N) is 1. The Hall–Kier alpha value is -0.910. The highest BCUT2D eigenvalue weighted by atomic mass is 16.5. The molecular formula is C12H22N2O3. The molecule has 1 rings (SSSR count). The molecule has 0 aliphatic carbocycles. The first-order valence-electron chi connectivity index (χ1n) is 6.07. The number of ether oxygens (including phenoxy) is 1. The van der Waals surface area contributed by atoms with Gasteiger partial charge in [-0.25, -0.2) is 0 Å². The van der Waals surface area contributed by atoms with Gasteiger partial charge in [-0.05, 0) is 12.8 Å². The molecule has 2 N–H and O–H groups in total. The van der Waals surface area contributed by atoms with Crippen LogP contribution in [0.1, 0.15) is 12.8 Å². The van der Waals surface area contributed by atoms with E-state index in [0.717, 1.165) is 26.1 Å². The van der Waals surface area contributed by atoms with Crippen LogP contribution in [0, 0.1) is 0 Å². The first-order valence-corrected chi connectivity index (χ1v) is 6.07. The maximum atomic E-state index is 11.8. The maximum Gasteiger partial charge on any atom is 0.234 e. The van der Waals surface area contributed by atoms with Crippen molar-refractivity contribution in [1.29, 1.82) is 0 Å². The summed E-state index contributed by atoms with van der Waals surface area (Å²) in [7, 11) is 0. The van der Waals surface area contributed by atoms with Gasteiger partial charge < -0.3 is 15.2 Å². The van der Waals surface area contributed by atoms with Crippen molar-refractivity contribution in [3.63, 3.8) is 0 Å². The fourth-order valence-electron chi connectivity index (χ4n) is 1.88. The van der Waals surface area contributed by atoms with Gasteiger partial charge in [0.05, 0.1) is 13.2 Å². The summed E-state index contributed by atoms with van der Waals surface area (Å²) in [5.41, 5.74) is 0. The lowest BCUT2D eigenvalue weighted by atomic mass is 10.1. The summed E-state index contributed by atoms with van der Waals surface area (Å²) < 4.78 is 5.23. The van der Waals surface area contributed by atoms with Crippen molar-refractivity contribution < 1.29 is 14.6 Å². The number of carbonyl (C=O) groups excluding carboxylic acids is 1. The Bertz CT molecular complexity index is 240. The lowest BCUT2D eigenvalue weighted by molar-refractivity contribution is -0.123. The van der Waals surface area contributed by atoms with Crippen LogP contribution in [0.5, 0.6) is 0 Å². The molecule has 1 aliphatic heterocycles. The topological polar surface area (TPSA) is 61.8 Å². The van der Waals surface area contributed by atoms with Crippen LogP contribution in [0.25, 0.3) is 0 Å².